The number of aromatic nitrogens is 4. The standard InChI is InChI=1S/C6H11N5S/c7-3-6-8-9-10-11(6)5-1-2-12-4-5/h5H,1-4,7H2. The number of nitrogens with two attached hydrogens (primary N) is 1. The molecule has 2 heterocycles. The molecule has 5 nitrogen and oxygen atoms in total. The van der Waals surface area contributed by atoms with Crippen molar-refractivity contribution < 1.29 is 0 Å². The summed E-state index contributed by atoms with van der Waals surface area (Å²) in [5.41, 5.74) is 5.49. The van der Waals surface area contributed by atoms with Gasteiger partial charge in [0.05, 0.1) is 12.6 Å². The molecule has 66 valence electrons. The number of rotatable bonds is 2. The lowest BCUT2D eigenvalue weighted by atomic mass is 10.3. The minimum atomic E-state index is 0.425. The van der Waals surface area contributed by atoms with E-state index in [9.17, 15) is 0 Å². The molecule has 1 saturated heterocycles. The zero-order valence-corrected chi connectivity index (χ0v) is 7.50. The Morgan fingerprint density at radius 2 is 2.58 bits per heavy atom. The normalized spacial score (nSPS) is 23.2. The zero-order chi connectivity index (χ0) is 8.39. The van der Waals surface area contributed by atoms with Crippen LogP contribution in [-0.4, -0.2) is 31.7 Å². The van der Waals surface area contributed by atoms with Gasteiger partial charge < -0.3 is 5.73 Å². The van der Waals surface area contributed by atoms with Crippen LogP contribution in [0.4, 0.5) is 0 Å². The van der Waals surface area contributed by atoms with Gasteiger partial charge in [-0.1, -0.05) is 0 Å². The van der Waals surface area contributed by atoms with E-state index in [1.165, 1.54) is 5.75 Å². The lowest BCUT2D eigenvalue weighted by Gasteiger charge is -2.08. The minimum absolute atomic E-state index is 0.425. The molecule has 0 spiro atoms. The molecule has 1 aromatic rings. The van der Waals surface area contributed by atoms with Gasteiger partial charge in [-0.3, -0.25) is 0 Å². The van der Waals surface area contributed by atoms with Gasteiger partial charge in [0.1, 0.15) is 0 Å². The largest absolute Gasteiger partial charge is 0.324 e. The summed E-state index contributed by atoms with van der Waals surface area (Å²) in [6, 6.07) is 0.462. The highest BCUT2D eigenvalue weighted by Crippen LogP contribution is 2.27. The first-order valence-corrected chi connectivity index (χ1v) is 5.12. The summed E-state index contributed by atoms with van der Waals surface area (Å²) >= 11 is 1.94. The monoisotopic (exact) mass is 185 g/mol. The molecule has 0 saturated carbocycles. The molecule has 1 aliphatic rings. The van der Waals surface area contributed by atoms with Crippen LogP contribution in [0.25, 0.3) is 0 Å². The Balaban J connectivity index is 2.19. The predicted molar refractivity (Wildman–Crippen MR) is 46.7 cm³/mol. The third-order valence-electron chi connectivity index (χ3n) is 2.00. The van der Waals surface area contributed by atoms with Gasteiger partial charge in [-0.2, -0.15) is 11.8 Å². The average Bonchev–Trinajstić information content (AvgIpc) is 2.74. The van der Waals surface area contributed by atoms with E-state index in [0.717, 1.165) is 18.0 Å². The molecule has 1 atom stereocenters. The molecule has 1 aliphatic heterocycles. The SMILES string of the molecule is NCc1nnnn1C1CCSC1. The van der Waals surface area contributed by atoms with E-state index in [1.54, 1.807) is 0 Å². The number of tetrazole rings is 1. The van der Waals surface area contributed by atoms with E-state index in [0.29, 0.717) is 12.6 Å². The second kappa shape index (κ2) is 3.40. The van der Waals surface area contributed by atoms with Crippen molar-refractivity contribution in [3.05, 3.63) is 5.82 Å². The minimum Gasteiger partial charge on any atom is -0.324 e. The van der Waals surface area contributed by atoms with Crippen molar-refractivity contribution in [2.24, 2.45) is 5.73 Å². The Morgan fingerprint density at radius 3 is 3.25 bits per heavy atom. The summed E-state index contributed by atoms with van der Waals surface area (Å²) < 4.78 is 1.86. The molecular formula is C6H11N5S. The van der Waals surface area contributed by atoms with Gasteiger partial charge in [0.15, 0.2) is 5.82 Å². The maximum atomic E-state index is 5.49. The van der Waals surface area contributed by atoms with Crippen LogP contribution in [0.5, 0.6) is 0 Å². The third kappa shape index (κ3) is 1.32. The second-order valence-electron chi connectivity index (χ2n) is 2.76. The van der Waals surface area contributed by atoms with Crippen molar-refractivity contribution >= 4 is 11.8 Å². The van der Waals surface area contributed by atoms with Crippen LogP contribution in [0.15, 0.2) is 0 Å². The molecular weight excluding hydrogens is 174 g/mol. The fourth-order valence-electron chi connectivity index (χ4n) is 1.35. The maximum Gasteiger partial charge on any atom is 0.165 e. The highest BCUT2D eigenvalue weighted by Gasteiger charge is 2.20. The summed E-state index contributed by atoms with van der Waals surface area (Å²) in [4.78, 5) is 0. The van der Waals surface area contributed by atoms with E-state index in [1.807, 2.05) is 16.4 Å². The van der Waals surface area contributed by atoms with Crippen LogP contribution in [0.2, 0.25) is 0 Å². The lowest BCUT2D eigenvalue weighted by molar-refractivity contribution is 0.469. The molecule has 1 fully saturated rings. The molecule has 0 aromatic carbocycles. The molecule has 6 heteroatoms. The van der Waals surface area contributed by atoms with Crippen molar-refractivity contribution in [3.8, 4) is 0 Å². The molecule has 1 aromatic heterocycles. The van der Waals surface area contributed by atoms with E-state index in [-0.39, 0.29) is 0 Å². The van der Waals surface area contributed by atoms with Crippen LogP contribution in [-0.2, 0) is 6.54 Å². The van der Waals surface area contributed by atoms with Gasteiger partial charge in [-0.15, -0.1) is 5.10 Å². The van der Waals surface area contributed by atoms with E-state index >= 15 is 0 Å². The predicted octanol–water partition coefficient (Wildman–Crippen LogP) is -0.190. The quantitative estimate of drug-likeness (QED) is 0.691. The van der Waals surface area contributed by atoms with Gasteiger partial charge in [0.2, 0.25) is 0 Å². The van der Waals surface area contributed by atoms with E-state index in [4.69, 9.17) is 5.73 Å². The van der Waals surface area contributed by atoms with Crippen LogP contribution < -0.4 is 5.73 Å². The fraction of sp³-hybridized carbons (Fsp3) is 0.833. The zero-order valence-electron chi connectivity index (χ0n) is 6.68. The molecule has 1 unspecified atom stereocenters. The Kier molecular flexibility index (Phi) is 2.27. The topological polar surface area (TPSA) is 69.6 Å². The molecule has 2 rings (SSSR count). The lowest BCUT2D eigenvalue weighted by Crippen LogP contribution is -2.15. The molecule has 0 radical (unpaired) electrons. The van der Waals surface area contributed by atoms with E-state index in [2.05, 4.69) is 15.5 Å². The van der Waals surface area contributed by atoms with Crippen molar-refractivity contribution in [3.63, 3.8) is 0 Å². The van der Waals surface area contributed by atoms with Crippen LogP contribution in [0, 0.1) is 0 Å². The van der Waals surface area contributed by atoms with Crippen molar-refractivity contribution in [1.29, 1.82) is 0 Å². The first-order chi connectivity index (χ1) is 5.92. The Morgan fingerprint density at radius 1 is 1.67 bits per heavy atom. The second-order valence-corrected chi connectivity index (χ2v) is 3.91. The number of hydrogen-bond acceptors (Lipinski definition) is 5. The maximum absolute atomic E-state index is 5.49. The fourth-order valence-corrected chi connectivity index (χ4v) is 2.53. The highest BCUT2D eigenvalue weighted by atomic mass is 32.2. The van der Waals surface area contributed by atoms with Gasteiger partial charge in [-0.25, -0.2) is 4.68 Å². The Bertz CT molecular complexity index is 254. The smallest absolute Gasteiger partial charge is 0.165 e. The molecule has 0 amide bonds. The number of nitrogens with zero attached hydrogens (tertiary/aromatic N) is 4. The third-order valence-corrected chi connectivity index (χ3v) is 3.14. The van der Waals surface area contributed by atoms with Crippen molar-refractivity contribution in [1.82, 2.24) is 20.2 Å². The molecule has 0 aliphatic carbocycles. The summed E-state index contributed by atoms with van der Waals surface area (Å²) in [7, 11) is 0. The van der Waals surface area contributed by atoms with Gasteiger partial charge >= 0.3 is 0 Å². The van der Waals surface area contributed by atoms with Gasteiger partial charge in [-0.05, 0) is 22.6 Å². The summed E-state index contributed by atoms with van der Waals surface area (Å²) in [5, 5.41) is 11.4. The van der Waals surface area contributed by atoms with Crippen LogP contribution in [0.3, 0.4) is 0 Å². The Hall–Kier alpha value is -0.620. The van der Waals surface area contributed by atoms with Crippen LogP contribution in [0.1, 0.15) is 18.3 Å². The first kappa shape index (κ1) is 8.00. The summed E-state index contributed by atoms with van der Waals surface area (Å²) in [5.74, 6) is 3.11. The summed E-state index contributed by atoms with van der Waals surface area (Å²) in [6.07, 6.45) is 1.16. The molecule has 2 N–H and O–H groups in total. The average molecular weight is 185 g/mol. The summed E-state index contributed by atoms with van der Waals surface area (Å²) in [6.45, 7) is 0.425. The van der Waals surface area contributed by atoms with Gasteiger partial charge in [0.25, 0.3) is 0 Å². The van der Waals surface area contributed by atoms with Crippen LogP contribution >= 0.6 is 11.8 Å². The first-order valence-electron chi connectivity index (χ1n) is 3.96. The highest BCUT2D eigenvalue weighted by molar-refractivity contribution is 7.99. The number of thioether (sulfide) groups is 1. The van der Waals surface area contributed by atoms with E-state index < -0.39 is 0 Å². The number of hydrogen-bond donors (Lipinski definition) is 1. The van der Waals surface area contributed by atoms with Crippen molar-refractivity contribution in [2.45, 2.75) is 19.0 Å². The van der Waals surface area contributed by atoms with Crippen molar-refractivity contribution in [2.75, 3.05) is 11.5 Å². The Labute approximate surface area is 74.7 Å². The van der Waals surface area contributed by atoms with Gasteiger partial charge in [0, 0.05) is 5.75 Å². The molecule has 12 heavy (non-hydrogen) atoms. The molecule has 0 bridgehead atoms.